The molecule has 0 N–H and O–H groups in total. The molecule has 0 bridgehead atoms. The maximum atomic E-state index is 13.4. The van der Waals surface area contributed by atoms with Crippen molar-refractivity contribution < 1.29 is 13.9 Å². The first-order valence-electron chi connectivity index (χ1n) is 8.56. The Hall–Kier alpha value is -3.28. The van der Waals surface area contributed by atoms with Gasteiger partial charge in [0.15, 0.2) is 0 Å². The number of benzene rings is 1. The molecule has 2 heterocycles. The zero-order valence-electron chi connectivity index (χ0n) is 15.4. The van der Waals surface area contributed by atoms with E-state index in [-0.39, 0.29) is 11.7 Å². The number of halogens is 1. The Balaban J connectivity index is 2.28. The number of aromatic nitrogens is 3. The van der Waals surface area contributed by atoms with E-state index in [9.17, 15) is 9.18 Å². The van der Waals surface area contributed by atoms with Gasteiger partial charge in [0.2, 0.25) is 0 Å². The molecular weight excluding hydrogens is 345 g/mol. The fraction of sp³-hybridized carbons (Fsp3) is 0.190. The quantitative estimate of drug-likeness (QED) is 0.493. The predicted octanol–water partition coefficient (Wildman–Crippen LogP) is 4.52. The van der Waals surface area contributed by atoms with Crippen LogP contribution in [0.3, 0.4) is 0 Å². The number of hydrogen-bond donors (Lipinski definition) is 0. The van der Waals surface area contributed by atoms with Gasteiger partial charge in [0, 0.05) is 41.7 Å². The molecule has 0 aliphatic rings. The van der Waals surface area contributed by atoms with E-state index in [2.05, 4.69) is 4.98 Å². The van der Waals surface area contributed by atoms with Gasteiger partial charge in [-0.2, -0.15) is 0 Å². The minimum Gasteiger partial charge on any atom is -0.466 e. The smallest absolute Gasteiger partial charge is 0.331 e. The molecule has 0 saturated heterocycles. The van der Waals surface area contributed by atoms with Crippen LogP contribution in [-0.4, -0.2) is 27.6 Å². The molecule has 0 saturated carbocycles. The van der Waals surface area contributed by atoms with Crippen LogP contribution in [0, 0.1) is 5.82 Å². The molecule has 0 unspecified atom stereocenters. The standard InChI is InChI=1S/C21H20FN3O2/c1-14(2)21-24-19(15-6-8-17(22)9-7-15)20(16-5-4-11-23-13-16)25(21)12-10-18(26)27-3/h4-14H,1-3H3/b12-10+. The molecule has 0 amide bonds. The molecule has 0 radical (unpaired) electrons. The van der Waals surface area contributed by atoms with Crippen LogP contribution in [-0.2, 0) is 9.53 Å². The number of imidazole rings is 1. The van der Waals surface area contributed by atoms with Crippen LogP contribution in [0.2, 0.25) is 0 Å². The van der Waals surface area contributed by atoms with Crippen LogP contribution in [0.4, 0.5) is 4.39 Å². The van der Waals surface area contributed by atoms with Gasteiger partial charge < -0.3 is 9.30 Å². The molecule has 3 rings (SSSR count). The molecule has 2 aromatic heterocycles. The molecule has 0 fully saturated rings. The number of nitrogens with zero attached hydrogens (tertiary/aromatic N) is 3. The molecular formula is C21H20FN3O2. The number of carbonyl (C=O) groups is 1. The molecule has 0 atom stereocenters. The van der Waals surface area contributed by atoms with Gasteiger partial charge in [-0.05, 0) is 36.4 Å². The third-order valence-electron chi connectivity index (χ3n) is 4.07. The van der Waals surface area contributed by atoms with E-state index in [1.54, 1.807) is 30.7 Å². The number of rotatable bonds is 5. The zero-order chi connectivity index (χ0) is 19.4. The summed E-state index contributed by atoms with van der Waals surface area (Å²) in [4.78, 5) is 20.6. The summed E-state index contributed by atoms with van der Waals surface area (Å²) in [6.45, 7) is 4.04. The fourth-order valence-electron chi connectivity index (χ4n) is 2.80. The van der Waals surface area contributed by atoms with E-state index >= 15 is 0 Å². The molecule has 5 nitrogen and oxygen atoms in total. The van der Waals surface area contributed by atoms with Crippen LogP contribution < -0.4 is 0 Å². The molecule has 138 valence electrons. The first-order chi connectivity index (χ1) is 13.0. The van der Waals surface area contributed by atoms with Crippen LogP contribution in [0.5, 0.6) is 0 Å². The third-order valence-corrected chi connectivity index (χ3v) is 4.07. The van der Waals surface area contributed by atoms with Crippen molar-refractivity contribution >= 4 is 12.2 Å². The Morgan fingerprint density at radius 2 is 1.93 bits per heavy atom. The van der Waals surface area contributed by atoms with Crippen molar-refractivity contribution in [2.24, 2.45) is 0 Å². The Morgan fingerprint density at radius 3 is 2.52 bits per heavy atom. The highest BCUT2D eigenvalue weighted by Crippen LogP contribution is 2.35. The number of methoxy groups -OCH3 is 1. The summed E-state index contributed by atoms with van der Waals surface area (Å²) in [6, 6.07) is 9.94. The molecule has 1 aromatic carbocycles. The minimum atomic E-state index is -0.459. The second-order valence-electron chi connectivity index (χ2n) is 6.28. The van der Waals surface area contributed by atoms with Crippen molar-refractivity contribution in [3.63, 3.8) is 0 Å². The fourth-order valence-corrected chi connectivity index (χ4v) is 2.80. The van der Waals surface area contributed by atoms with E-state index in [1.807, 2.05) is 30.5 Å². The lowest BCUT2D eigenvalue weighted by Crippen LogP contribution is -2.02. The first kappa shape index (κ1) is 18.5. The van der Waals surface area contributed by atoms with Gasteiger partial charge in [-0.25, -0.2) is 14.2 Å². The average Bonchev–Trinajstić information content (AvgIpc) is 3.07. The summed E-state index contributed by atoms with van der Waals surface area (Å²) in [7, 11) is 1.33. The summed E-state index contributed by atoms with van der Waals surface area (Å²) in [5, 5.41) is 0. The normalized spacial score (nSPS) is 11.3. The molecule has 0 aliphatic carbocycles. The number of hydrogen-bond acceptors (Lipinski definition) is 4. The van der Waals surface area contributed by atoms with Crippen molar-refractivity contribution in [3.8, 4) is 22.5 Å². The Bertz CT molecular complexity index is 961. The van der Waals surface area contributed by atoms with E-state index in [0.29, 0.717) is 5.69 Å². The highest BCUT2D eigenvalue weighted by molar-refractivity contribution is 5.87. The second kappa shape index (κ2) is 7.95. The van der Waals surface area contributed by atoms with E-state index < -0.39 is 5.97 Å². The van der Waals surface area contributed by atoms with Gasteiger partial charge in [0.05, 0.1) is 18.5 Å². The highest BCUT2D eigenvalue weighted by atomic mass is 19.1. The molecule has 0 aliphatic heterocycles. The highest BCUT2D eigenvalue weighted by Gasteiger charge is 2.21. The molecule has 3 aromatic rings. The summed E-state index contributed by atoms with van der Waals surface area (Å²) in [6.07, 6.45) is 6.41. The molecule has 27 heavy (non-hydrogen) atoms. The van der Waals surface area contributed by atoms with Gasteiger partial charge in [0.1, 0.15) is 11.6 Å². The third kappa shape index (κ3) is 3.95. The molecule has 0 spiro atoms. The van der Waals surface area contributed by atoms with Crippen molar-refractivity contribution in [2.45, 2.75) is 19.8 Å². The SMILES string of the molecule is COC(=O)/C=C/n1c(C(C)C)nc(-c2ccc(F)cc2)c1-c1cccnc1. The Kier molecular flexibility index (Phi) is 5.45. The van der Waals surface area contributed by atoms with E-state index in [4.69, 9.17) is 9.72 Å². The van der Waals surface area contributed by atoms with Gasteiger partial charge in [-0.1, -0.05) is 13.8 Å². The zero-order valence-corrected chi connectivity index (χ0v) is 15.4. The van der Waals surface area contributed by atoms with Gasteiger partial charge >= 0.3 is 5.97 Å². The van der Waals surface area contributed by atoms with E-state index in [1.165, 1.54) is 25.3 Å². The predicted molar refractivity (Wildman–Crippen MR) is 102 cm³/mol. The van der Waals surface area contributed by atoms with E-state index in [0.717, 1.165) is 22.6 Å². The minimum absolute atomic E-state index is 0.0944. The van der Waals surface area contributed by atoms with Crippen LogP contribution in [0.15, 0.2) is 54.9 Å². The summed E-state index contributed by atoms with van der Waals surface area (Å²) in [5.74, 6) is 0.0971. The van der Waals surface area contributed by atoms with Crippen LogP contribution >= 0.6 is 0 Å². The van der Waals surface area contributed by atoms with Crippen LogP contribution in [0.1, 0.15) is 25.6 Å². The summed E-state index contributed by atoms with van der Waals surface area (Å²) in [5.41, 5.74) is 3.09. The first-order valence-corrected chi connectivity index (χ1v) is 8.56. The van der Waals surface area contributed by atoms with Crippen molar-refractivity contribution in [1.82, 2.24) is 14.5 Å². The van der Waals surface area contributed by atoms with Gasteiger partial charge in [-0.3, -0.25) is 4.98 Å². The molecule has 6 heteroatoms. The maximum absolute atomic E-state index is 13.4. The number of pyridine rings is 1. The Labute approximate surface area is 157 Å². The summed E-state index contributed by atoms with van der Waals surface area (Å²) < 4.78 is 20.0. The average molecular weight is 365 g/mol. The van der Waals surface area contributed by atoms with Crippen molar-refractivity contribution in [2.75, 3.05) is 7.11 Å². The lowest BCUT2D eigenvalue weighted by atomic mass is 10.1. The van der Waals surface area contributed by atoms with Crippen molar-refractivity contribution in [3.05, 3.63) is 66.5 Å². The van der Waals surface area contributed by atoms with Crippen molar-refractivity contribution in [1.29, 1.82) is 0 Å². The topological polar surface area (TPSA) is 57.0 Å². The number of esters is 1. The van der Waals surface area contributed by atoms with Gasteiger partial charge in [-0.15, -0.1) is 0 Å². The number of ether oxygens (including phenoxy) is 1. The monoisotopic (exact) mass is 365 g/mol. The largest absolute Gasteiger partial charge is 0.466 e. The Morgan fingerprint density at radius 1 is 1.19 bits per heavy atom. The van der Waals surface area contributed by atoms with Crippen LogP contribution in [0.25, 0.3) is 28.7 Å². The second-order valence-corrected chi connectivity index (χ2v) is 6.28. The maximum Gasteiger partial charge on any atom is 0.331 e. The lowest BCUT2D eigenvalue weighted by molar-refractivity contribution is -0.134. The number of carbonyl (C=O) groups excluding carboxylic acids is 1. The van der Waals surface area contributed by atoms with Gasteiger partial charge in [0.25, 0.3) is 0 Å². The summed E-state index contributed by atoms with van der Waals surface area (Å²) >= 11 is 0. The lowest BCUT2D eigenvalue weighted by Gasteiger charge is -2.10.